The molecule has 5 nitrogen and oxygen atoms in total. The minimum Gasteiger partial charge on any atom is -0.435 e. The standard InChI is InChI=1S/C16H28O5/c1-2-18-15(17)21-16(13-20-16)11-7-4-8-12-19-14-9-5-3-6-10-14/h14H,2-13H2,1H3. The van der Waals surface area contributed by atoms with Crippen LogP contribution in [0.5, 0.6) is 0 Å². The quantitative estimate of drug-likeness (QED) is 0.368. The number of unbranched alkanes of at least 4 members (excludes halogenated alkanes) is 2. The second-order valence-corrected chi connectivity index (χ2v) is 5.93. The third-order valence-corrected chi connectivity index (χ3v) is 4.11. The maximum Gasteiger partial charge on any atom is 0.510 e. The first-order chi connectivity index (χ1) is 10.2. The van der Waals surface area contributed by atoms with Crippen LogP contribution in [0.1, 0.15) is 64.7 Å². The Labute approximate surface area is 127 Å². The van der Waals surface area contributed by atoms with Gasteiger partial charge in [-0.3, -0.25) is 0 Å². The topological polar surface area (TPSA) is 57.3 Å². The molecule has 1 aliphatic carbocycles. The summed E-state index contributed by atoms with van der Waals surface area (Å²) in [6, 6.07) is 0. The summed E-state index contributed by atoms with van der Waals surface area (Å²) >= 11 is 0. The average molecular weight is 300 g/mol. The SMILES string of the molecule is CCOC(=O)OC1(CCCCCOC2CCCCC2)CO1. The number of epoxide rings is 1. The van der Waals surface area contributed by atoms with Crippen LogP contribution in [-0.4, -0.2) is 37.9 Å². The summed E-state index contributed by atoms with van der Waals surface area (Å²) in [5.74, 6) is -0.698. The maximum absolute atomic E-state index is 11.3. The molecule has 1 saturated carbocycles. The van der Waals surface area contributed by atoms with E-state index in [1.54, 1.807) is 6.92 Å². The predicted octanol–water partition coefficient (Wildman–Crippen LogP) is 3.80. The number of hydrogen-bond donors (Lipinski definition) is 0. The van der Waals surface area contributed by atoms with Gasteiger partial charge in [0.15, 0.2) is 0 Å². The Morgan fingerprint density at radius 3 is 2.62 bits per heavy atom. The van der Waals surface area contributed by atoms with Crippen LogP contribution in [0.15, 0.2) is 0 Å². The number of carbonyl (C=O) groups is 1. The average Bonchev–Trinajstić information content (AvgIpc) is 3.24. The Hall–Kier alpha value is -0.810. The summed E-state index contributed by atoms with van der Waals surface area (Å²) in [7, 11) is 0. The van der Waals surface area contributed by atoms with Gasteiger partial charge in [0.2, 0.25) is 5.79 Å². The second kappa shape index (κ2) is 8.59. The van der Waals surface area contributed by atoms with Crippen molar-refractivity contribution in [3.63, 3.8) is 0 Å². The third-order valence-electron chi connectivity index (χ3n) is 4.11. The molecule has 2 aliphatic rings. The van der Waals surface area contributed by atoms with E-state index in [4.69, 9.17) is 18.9 Å². The highest BCUT2D eigenvalue weighted by Crippen LogP contribution is 2.34. The van der Waals surface area contributed by atoms with Crippen LogP contribution < -0.4 is 0 Å². The lowest BCUT2D eigenvalue weighted by Crippen LogP contribution is -2.22. The van der Waals surface area contributed by atoms with E-state index in [-0.39, 0.29) is 0 Å². The van der Waals surface area contributed by atoms with E-state index in [9.17, 15) is 4.79 Å². The fourth-order valence-electron chi connectivity index (χ4n) is 2.79. The molecule has 21 heavy (non-hydrogen) atoms. The molecule has 2 rings (SSSR count). The smallest absolute Gasteiger partial charge is 0.435 e. The minimum atomic E-state index is -0.698. The molecule has 1 unspecified atom stereocenters. The lowest BCUT2D eigenvalue weighted by molar-refractivity contribution is -0.0386. The van der Waals surface area contributed by atoms with Crippen molar-refractivity contribution in [2.45, 2.75) is 76.6 Å². The van der Waals surface area contributed by atoms with Gasteiger partial charge >= 0.3 is 6.16 Å². The highest BCUT2D eigenvalue weighted by Gasteiger charge is 2.49. The molecule has 5 heteroatoms. The van der Waals surface area contributed by atoms with Crippen LogP contribution in [0.25, 0.3) is 0 Å². The number of carbonyl (C=O) groups excluding carboxylic acids is 1. The van der Waals surface area contributed by atoms with Gasteiger partial charge in [-0.2, -0.15) is 0 Å². The molecule has 0 N–H and O–H groups in total. The number of rotatable bonds is 9. The van der Waals surface area contributed by atoms with Gasteiger partial charge in [0.05, 0.1) is 12.7 Å². The van der Waals surface area contributed by atoms with Crippen molar-refractivity contribution in [1.29, 1.82) is 0 Å². The van der Waals surface area contributed by atoms with Crippen molar-refractivity contribution in [2.24, 2.45) is 0 Å². The maximum atomic E-state index is 11.3. The first-order valence-corrected chi connectivity index (χ1v) is 8.35. The number of ether oxygens (including phenoxy) is 4. The minimum absolute atomic E-state index is 0.327. The molecule has 0 radical (unpaired) electrons. The van der Waals surface area contributed by atoms with Crippen molar-refractivity contribution in [3.05, 3.63) is 0 Å². The highest BCUT2D eigenvalue weighted by atomic mass is 16.8. The predicted molar refractivity (Wildman–Crippen MR) is 78.1 cm³/mol. The fourth-order valence-corrected chi connectivity index (χ4v) is 2.79. The van der Waals surface area contributed by atoms with Gasteiger partial charge in [-0.15, -0.1) is 0 Å². The zero-order valence-corrected chi connectivity index (χ0v) is 13.1. The molecular weight excluding hydrogens is 272 g/mol. The van der Waals surface area contributed by atoms with Gasteiger partial charge in [0.1, 0.15) is 6.61 Å². The van der Waals surface area contributed by atoms with Gasteiger partial charge in [0, 0.05) is 13.0 Å². The van der Waals surface area contributed by atoms with Gasteiger partial charge in [-0.1, -0.05) is 25.7 Å². The molecule has 0 aromatic heterocycles. The molecule has 1 saturated heterocycles. The first-order valence-electron chi connectivity index (χ1n) is 8.35. The van der Waals surface area contributed by atoms with Gasteiger partial charge < -0.3 is 18.9 Å². The van der Waals surface area contributed by atoms with E-state index in [0.717, 1.165) is 32.3 Å². The Morgan fingerprint density at radius 1 is 1.19 bits per heavy atom. The monoisotopic (exact) mass is 300 g/mol. The molecule has 1 heterocycles. The van der Waals surface area contributed by atoms with Crippen LogP contribution in [0, 0.1) is 0 Å². The summed E-state index contributed by atoms with van der Waals surface area (Å²) in [6.07, 6.45) is 10.2. The molecule has 0 bridgehead atoms. The lowest BCUT2D eigenvalue weighted by Gasteiger charge is -2.21. The Bertz CT molecular complexity index is 308. The summed E-state index contributed by atoms with van der Waals surface area (Å²) < 4.78 is 21.1. The van der Waals surface area contributed by atoms with Crippen molar-refractivity contribution in [2.75, 3.05) is 19.8 Å². The van der Waals surface area contributed by atoms with Crippen molar-refractivity contribution >= 4 is 6.16 Å². The summed E-state index contributed by atoms with van der Waals surface area (Å²) in [5.41, 5.74) is 0. The Morgan fingerprint density at radius 2 is 1.95 bits per heavy atom. The molecule has 1 atom stereocenters. The van der Waals surface area contributed by atoms with Crippen LogP contribution in [-0.2, 0) is 18.9 Å². The van der Waals surface area contributed by atoms with E-state index in [1.807, 2.05) is 0 Å². The van der Waals surface area contributed by atoms with Crippen LogP contribution in [0.3, 0.4) is 0 Å². The summed E-state index contributed by atoms with van der Waals surface area (Å²) in [4.78, 5) is 11.3. The molecule has 0 aromatic carbocycles. The van der Waals surface area contributed by atoms with Crippen LogP contribution in [0.2, 0.25) is 0 Å². The fraction of sp³-hybridized carbons (Fsp3) is 0.938. The zero-order valence-electron chi connectivity index (χ0n) is 13.1. The largest absolute Gasteiger partial charge is 0.510 e. The van der Waals surface area contributed by atoms with Gasteiger partial charge in [-0.25, -0.2) is 4.79 Å². The first kappa shape index (κ1) is 16.6. The van der Waals surface area contributed by atoms with Gasteiger partial charge in [-0.05, 0) is 32.6 Å². The molecule has 122 valence electrons. The molecule has 0 amide bonds. The zero-order chi connectivity index (χ0) is 15.0. The highest BCUT2D eigenvalue weighted by molar-refractivity contribution is 5.60. The third kappa shape index (κ3) is 6.22. The molecule has 2 fully saturated rings. The Balaban J connectivity index is 1.46. The second-order valence-electron chi connectivity index (χ2n) is 5.93. The van der Waals surface area contributed by atoms with E-state index in [0.29, 0.717) is 19.3 Å². The summed E-state index contributed by atoms with van der Waals surface area (Å²) in [6.45, 7) is 3.42. The van der Waals surface area contributed by atoms with Crippen LogP contribution in [0.4, 0.5) is 4.79 Å². The molecule has 0 spiro atoms. The van der Waals surface area contributed by atoms with E-state index in [2.05, 4.69) is 0 Å². The van der Waals surface area contributed by atoms with Crippen molar-refractivity contribution < 1.29 is 23.7 Å². The van der Waals surface area contributed by atoms with E-state index < -0.39 is 11.9 Å². The Kier molecular flexibility index (Phi) is 6.77. The molecule has 0 aromatic rings. The van der Waals surface area contributed by atoms with Gasteiger partial charge in [0.25, 0.3) is 0 Å². The van der Waals surface area contributed by atoms with E-state index in [1.165, 1.54) is 32.1 Å². The normalized spacial score (nSPS) is 25.6. The molecule has 1 aliphatic heterocycles. The number of hydrogen-bond acceptors (Lipinski definition) is 5. The summed E-state index contributed by atoms with van der Waals surface area (Å²) in [5, 5.41) is 0. The molecular formula is C16H28O5. The van der Waals surface area contributed by atoms with Crippen molar-refractivity contribution in [1.82, 2.24) is 0 Å². The van der Waals surface area contributed by atoms with E-state index >= 15 is 0 Å². The van der Waals surface area contributed by atoms with Crippen molar-refractivity contribution in [3.8, 4) is 0 Å². The lowest BCUT2D eigenvalue weighted by atomic mass is 9.98. The van der Waals surface area contributed by atoms with Crippen LogP contribution >= 0.6 is 0 Å².